The fraction of sp³-hybridized carbons (Fsp3) is 0.417. The Morgan fingerprint density at radius 2 is 2.28 bits per heavy atom. The Morgan fingerprint density at radius 1 is 1.50 bits per heavy atom. The second-order valence-electron chi connectivity index (χ2n) is 4.52. The Bertz CT molecular complexity index is 584. The van der Waals surface area contributed by atoms with Crippen LogP contribution in [-0.4, -0.2) is 25.8 Å². The van der Waals surface area contributed by atoms with Crippen molar-refractivity contribution in [3.8, 4) is 11.4 Å². The molecule has 0 aliphatic rings. The molecule has 2 N–H and O–H groups in total. The molecule has 6 nitrogen and oxygen atoms in total. The average molecular weight is 247 g/mol. The second kappa shape index (κ2) is 5.14. The zero-order valence-corrected chi connectivity index (χ0v) is 10.8. The van der Waals surface area contributed by atoms with Crippen LogP contribution in [-0.2, 0) is 13.6 Å². The highest BCUT2D eigenvalue weighted by Crippen LogP contribution is 2.11. The van der Waals surface area contributed by atoms with Gasteiger partial charge in [0.2, 0.25) is 0 Å². The highest BCUT2D eigenvalue weighted by atomic mass is 16.1. The first-order valence-corrected chi connectivity index (χ1v) is 5.87. The Labute approximate surface area is 105 Å². The molecule has 0 saturated carbocycles. The van der Waals surface area contributed by atoms with Crippen LogP contribution in [0.5, 0.6) is 0 Å². The number of nitrogens with one attached hydrogen (secondary N) is 2. The first kappa shape index (κ1) is 12.5. The minimum Gasteiger partial charge on any atom is -0.309 e. The summed E-state index contributed by atoms with van der Waals surface area (Å²) in [5.41, 5.74) is 1.39. The van der Waals surface area contributed by atoms with E-state index in [0.29, 0.717) is 18.4 Å². The summed E-state index contributed by atoms with van der Waals surface area (Å²) in [7, 11) is 1.83. The van der Waals surface area contributed by atoms with Gasteiger partial charge in [-0.25, -0.2) is 4.98 Å². The summed E-state index contributed by atoms with van der Waals surface area (Å²) in [5, 5.41) is 7.30. The van der Waals surface area contributed by atoms with Gasteiger partial charge in [-0.05, 0) is 0 Å². The molecule has 0 bridgehead atoms. The first-order valence-electron chi connectivity index (χ1n) is 5.87. The quantitative estimate of drug-likeness (QED) is 0.832. The summed E-state index contributed by atoms with van der Waals surface area (Å²) in [6.07, 6.45) is 3.50. The van der Waals surface area contributed by atoms with E-state index in [0.717, 1.165) is 11.3 Å². The number of rotatable bonds is 4. The van der Waals surface area contributed by atoms with Crippen molar-refractivity contribution in [2.24, 2.45) is 7.05 Å². The molecule has 0 unspecified atom stereocenters. The van der Waals surface area contributed by atoms with Gasteiger partial charge in [0.15, 0.2) is 0 Å². The lowest BCUT2D eigenvalue weighted by molar-refractivity contribution is 0.580. The molecule has 2 rings (SSSR count). The largest absolute Gasteiger partial charge is 0.309 e. The average Bonchev–Trinajstić information content (AvgIpc) is 2.72. The fourth-order valence-corrected chi connectivity index (χ4v) is 1.59. The second-order valence-corrected chi connectivity index (χ2v) is 4.52. The van der Waals surface area contributed by atoms with Crippen molar-refractivity contribution < 1.29 is 0 Å². The molecule has 96 valence electrons. The normalized spacial score (nSPS) is 11.1. The molecule has 6 heteroatoms. The van der Waals surface area contributed by atoms with Gasteiger partial charge in [0.05, 0.1) is 17.5 Å². The molecule has 0 aliphatic heterocycles. The van der Waals surface area contributed by atoms with Crippen LogP contribution in [0.25, 0.3) is 11.4 Å². The number of hydrogen-bond acceptors (Lipinski definition) is 4. The monoisotopic (exact) mass is 247 g/mol. The molecule has 2 aromatic heterocycles. The van der Waals surface area contributed by atoms with Gasteiger partial charge in [-0.2, -0.15) is 5.10 Å². The molecule has 0 aliphatic carbocycles. The maximum absolute atomic E-state index is 11.6. The van der Waals surface area contributed by atoms with Crippen molar-refractivity contribution in [3.05, 3.63) is 34.5 Å². The predicted molar refractivity (Wildman–Crippen MR) is 69.0 cm³/mol. The molecule has 0 radical (unpaired) electrons. The number of aryl methyl sites for hydroxylation is 1. The zero-order valence-electron chi connectivity index (χ0n) is 10.8. The van der Waals surface area contributed by atoms with E-state index in [1.165, 1.54) is 6.07 Å². The van der Waals surface area contributed by atoms with Gasteiger partial charge in [-0.1, -0.05) is 13.8 Å². The molecule has 0 aromatic carbocycles. The molecule has 0 spiro atoms. The van der Waals surface area contributed by atoms with Crippen LogP contribution in [0.2, 0.25) is 0 Å². The van der Waals surface area contributed by atoms with Crippen molar-refractivity contribution in [1.29, 1.82) is 0 Å². The molecular weight excluding hydrogens is 230 g/mol. The van der Waals surface area contributed by atoms with E-state index in [2.05, 4.69) is 34.2 Å². The van der Waals surface area contributed by atoms with E-state index < -0.39 is 0 Å². The van der Waals surface area contributed by atoms with Crippen LogP contribution in [0.3, 0.4) is 0 Å². The van der Waals surface area contributed by atoms with Crippen LogP contribution in [0, 0.1) is 0 Å². The zero-order chi connectivity index (χ0) is 13.1. The molecular formula is C12H17N5O. The number of H-pyrrole nitrogens is 1. The van der Waals surface area contributed by atoms with Gasteiger partial charge in [0.1, 0.15) is 5.82 Å². The van der Waals surface area contributed by atoms with E-state index in [1.807, 2.05) is 13.2 Å². The molecule has 2 aromatic rings. The van der Waals surface area contributed by atoms with Gasteiger partial charge in [-0.3, -0.25) is 9.48 Å². The lowest BCUT2D eigenvalue weighted by atomic mass is 10.3. The molecule has 0 amide bonds. The number of hydrogen-bond donors (Lipinski definition) is 2. The lowest BCUT2D eigenvalue weighted by Gasteiger charge is -2.07. The molecule has 18 heavy (non-hydrogen) atoms. The summed E-state index contributed by atoms with van der Waals surface area (Å²) in [5.74, 6) is 0.552. The SMILES string of the molecule is CC(C)NCc1cc(=O)[nH]c(-c2cnn(C)c2)n1. The minimum atomic E-state index is -0.149. The van der Waals surface area contributed by atoms with Gasteiger partial charge in [0, 0.05) is 31.9 Å². The Hall–Kier alpha value is -1.95. The maximum Gasteiger partial charge on any atom is 0.251 e. The van der Waals surface area contributed by atoms with Crippen molar-refractivity contribution >= 4 is 0 Å². The first-order chi connectivity index (χ1) is 8.54. The standard InChI is InChI=1S/C12H17N5O/c1-8(2)13-6-10-4-11(18)16-12(15-10)9-5-14-17(3)7-9/h4-5,7-8,13H,6H2,1-3H3,(H,15,16,18). The van der Waals surface area contributed by atoms with Crippen molar-refractivity contribution in [2.75, 3.05) is 0 Å². The summed E-state index contributed by atoms with van der Waals surface area (Å²) < 4.78 is 1.67. The topological polar surface area (TPSA) is 75.6 Å². The number of aromatic amines is 1. The van der Waals surface area contributed by atoms with E-state index in [4.69, 9.17) is 0 Å². The minimum absolute atomic E-state index is 0.149. The van der Waals surface area contributed by atoms with Crippen LogP contribution in [0.15, 0.2) is 23.3 Å². The number of nitrogens with zero attached hydrogens (tertiary/aromatic N) is 3. The molecule has 0 fully saturated rings. The van der Waals surface area contributed by atoms with Crippen LogP contribution < -0.4 is 10.9 Å². The van der Waals surface area contributed by atoms with Crippen LogP contribution >= 0.6 is 0 Å². The van der Waals surface area contributed by atoms with E-state index in [-0.39, 0.29) is 5.56 Å². The van der Waals surface area contributed by atoms with E-state index in [1.54, 1.807) is 10.9 Å². The molecule has 0 atom stereocenters. The van der Waals surface area contributed by atoms with Gasteiger partial charge in [0.25, 0.3) is 5.56 Å². The predicted octanol–water partition coefficient (Wildman–Crippen LogP) is 0.668. The Kier molecular flexibility index (Phi) is 3.57. The number of aromatic nitrogens is 4. The van der Waals surface area contributed by atoms with Crippen molar-refractivity contribution in [2.45, 2.75) is 26.4 Å². The summed E-state index contributed by atoms with van der Waals surface area (Å²) in [4.78, 5) is 18.7. The third-order valence-corrected chi connectivity index (χ3v) is 2.46. The summed E-state index contributed by atoms with van der Waals surface area (Å²) >= 11 is 0. The third-order valence-electron chi connectivity index (χ3n) is 2.46. The van der Waals surface area contributed by atoms with Crippen molar-refractivity contribution in [3.63, 3.8) is 0 Å². The highest BCUT2D eigenvalue weighted by Gasteiger charge is 2.06. The van der Waals surface area contributed by atoms with Gasteiger partial charge in [-0.15, -0.1) is 0 Å². The van der Waals surface area contributed by atoms with Crippen LogP contribution in [0.4, 0.5) is 0 Å². The van der Waals surface area contributed by atoms with Gasteiger partial charge < -0.3 is 10.3 Å². The Balaban J connectivity index is 2.29. The van der Waals surface area contributed by atoms with Crippen LogP contribution in [0.1, 0.15) is 19.5 Å². The summed E-state index contributed by atoms with van der Waals surface area (Å²) in [6.45, 7) is 4.68. The molecule has 2 heterocycles. The smallest absolute Gasteiger partial charge is 0.251 e. The molecule has 0 saturated heterocycles. The highest BCUT2D eigenvalue weighted by molar-refractivity contribution is 5.51. The fourth-order valence-electron chi connectivity index (χ4n) is 1.59. The van der Waals surface area contributed by atoms with Crippen molar-refractivity contribution in [1.82, 2.24) is 25.1 Å². The summed E-state index contributed by atoms with van der Waals surface area (Å²) in [6, 6.07) is 1.86. The van der Waals surface area contributed by atoms with E-state index in [9.17, 15) is 4.79 Å². The lowest BCUT2D eigenvalue weighted by Crippen LogP contribution is -2.24. The van der Waals surface area contributed by atoms with E-state index >= 15 is 0 Å². The van der Waals surface area contributed by atoms with Gasteiger partial charge >= 0.3 is 0 Å². The third kappa shape index (κ3) is 3.04. The maximum atomic E-state index is 11.6. The Morgan fingerprint density at radius 3 is 2.89 bits per heavy atom.